The van der Waals surface area contributed by atoms with E-state index in [0.29, 0.717) is 44.2 Å². The first-order chi connectivity index (χ1) is 18.2. The van der Waals surface area contributed by atoms with E-state index in [4.69, 9.17) is 28.9 Å². The maximum atomic E-state index is 13.2. The van der Waals surface area contributed by atoms with Gasteiger partial charge in [0.05, 0.1) is 11.1 Å². The number of anilines is 1. The number of halogens is 5. The van der Waals surface area contributed by atoms with Crippen molar-refractivity contribution in [1.82, 2.24) is 20.2 Å². The Kier molecular flexibility index (Phi) is 9.40. The van der Waals surface area contributed by atoms with E-state index in [9.17, 15) is 18.0 Å². The summed E-state index contributed by atoms with van der Waals surface area (Å²) >= 11 is 11.9. The predicted molar refractivity (Wildman–Crippen MR) is 145 cm³/mol. The van der Waals surface area contributed by atoms with Gasteiger partial charge in [0.1, 0.15) is 5.82 Å². The van der Waals surface area contributed by atoms with Crippen molar-refractivity contribution in [3.8, 4) is 0 Å². The molecule has 38 heavy (non-hydrogen) atoms. The van der Waals surface area contributed by atoms with E-state index in [0.717, 1.165) is 42.3 Å². The van der Waals surface area contributed by atoms with Crippen LogP contribution in [0, 0.1) is 0 Å². The first-order valence-corrected chi connectivity index (χ1v) is 13.4. The molecule has 1 aliphatic rings. The lowest BCUT2D eigenvalue weighted by Crippen LogP contribution is -2.44. The third-order valence-electron chi connectivity index (χ3n) is 6.74. The molecule has 12 heteroatoms. The lowest BCUT2D eigenvalue weighted by atomic mass is 9.97. The number of carbonyl (C=O) groups excluding carboxylic acids is 1. The molecule has 7 nitrogen and oxygen atoms in total. The first-order valence-electron chi connectivity index (χ1n) is 12.7. The summed E-state index contributed by atoms with van der Waals surface area (Å²) in [4.78, 5) is 21.9. The van der Waals surface area contributed by atoms with E-state index in [1.807, 2.05) is 18.2 Å². The lowest BCUT2D eigenvalue weighted by molar-refractivity contribution is -0.141. The van der Waals surface area contributed by atoms with E-state index in [1.165, 1.54) is 17.7 Å². The lowest BCUT2D eigenvalue weighted by Gasteiger charge is -2.36. The second kappa shape index (κ2) is 12.5. The van der Waals surface area contributed by atoms with E-state index >= 15 is 0 Å². The van der Waals surface area contributed by atoms with Crippen molar-refractivity contribution in [2.45, 2.75) is 44.3 Å². The van der Waals surface area contributed by atoms with Crippen LogP contribution in [0.4, 0.5) is 19.0 Å². The molecule has 3 heterocycles. The number of benzene rings is 1. The molecule has 1 amide bonds. The average Bonchev–Trinajstić information content (AvgIpc) is 3.24. The van der Waals surface area contributed by atoms with Gasteiger partial charge in [-0.15, -0.1) is 0 Å². The maximum Gasteiger partial charge on any atom is 0.434 e. The molecule has 0 saturated heterocycles. The molecule has 206 valence electrons. The van der Waals surface area contributed by atoms with Crippen LogP contribution in [0.15, 0.2) is 30.3 Å². The average molecular weight is 571 g/mol. The number of alkyl halides is 3. The fourth-order valence-electron chi connectivity index (χ4n) is 4.86. The molecule has 1 aromatic carbocycles. The van der Waals surface area contributed by atoms with Gasteiger partial charge >= 0.3 is 6.18 Å². The topological polar surface area (TPSA) is 99.1 Å². The molecule has 5 N–H and O–H groups in total. The molecule has 1 atom stereocenters. The molecule has 0 saturated carbocycles. The molecule has 1 unspecified atom stereocenters. The van der Waals surface area contributed by atoms with Crippen LogP contribution in [0.3, 0.4) is 0 Å². The molecule has 2 aromatic heterocycles. The van der Waals surface area contributed by atoms with Crippen LogP contribution in [-0.2, 0) is 17.4 Å². The Labute approximate surface area is 229 Å². The number of fused-ring (bicyclic) bond motifs is 3. The van der Waals surface area contributed by atoms with Gasteiger partial charge in [-0.2, -0.15) is 13.2 Å². The molecule has 0 bridgehead atoms. The maximum absolute atomic E-state index is 13.2. The number of aromatic nitrogens is 2. The second-order valence-corrected chi connectivity index (χ2v) is 10.2. The van der Waals surface area contributed by atoms with Crippen molar-refractivity contribution in [3.63, 3.8) is 0 Å². The highest BCUT2D eigenvalue weighted by molar-refractivity contribution is 6.31. The summed E-state index contributed by atoms with van der Waals surface area (Å²) in [6.07, 6.45) is -0.836. The third-order valence-corrected chi connectivity index (χ3v) is 7.28. The molecular weight excluding hydrogens is 540 g/mol. The van der Waals surface area contributed by atoms with Gasteiger partial charge in [0.2, 0.25) is 5.91 Å². The molecule has 1 aliphatic heterocycles. The number of nitrogens with one attached hydrogen (secondary N) is 3. The fraction of sp³-hybridized carbons (Fsp3) is 0.462. The van der Waals surface area contributed by atoms with E-state index in [2.05, 4.69) is 25.5 Å². The highest BCUT2D eigenvalue weighted by atomic mass is 35.5. The van der Waals surface area contributed by atoms with Crippen LogP contribution in [0.5, 0.6) is 0 Å². The van der Waals surface area contributed by atoms with Crippen molar-refractivity contribution < 1.29 is 18.0 Å². The van der Waals surface area contributed by atoms with Gasteiger partial charge in [0, 0.05) is 54.2 Å². The number of nitrogens with zero attached hydrogens (tertiary/aromatic N) is 2. The van der Waals surface area contributed by atoms with Crippen LogP contribution in [0.1, 0.15) is 48.7 Å². The molecule has 0 aliphatic carbocycles. The number of nitrogens with two attached hydrogens (primary N) is 1. The Morgan fingerprint density at radius 2 is 2.00 bits per heavy atom. The largest absolute Gasteiger partial charge is 0.434 e. The van der Waals surface area contributed by atoms with Crippen molar-refractivity contribution in [2.24, 2.45) is 5.73 Å². The third kappa shape index (κ3) is 6.91. The normalized spacial score (nSPS) is 16.0. The standard InChI is InChI=1S/C26H31Cl2F3N6O/c27-16-5-7-20-18(14-16)17-9-12-37(13-11-33-22-8-6-19(28)25(36-22)26(29,30)31)21(24(17)35-20)15-34-23(38)4-2-1-3-10-32/h5-8,14,21,35H,1-4,9-13,15,32H2,(H,33,36)(H,34,38). The van der Waals surface area contributed by atoms with Crippen LogP contribution in [0.2, 0.25) is 10.0 Å². The Morgan fingerprint density at radius 1 is 1.18 bits per heavy atom. The van der Waals surface area contributed by atoms with Gasteiger partial charge in [-0.25, -0.2) is 4.98 Å². The number of hydrogen-bond donors (Lipinski definition) is 4. The van der Waals surface area contributed by atoms with Gasteiger partial charge < -0.3 is 21.4 Å². The summed E-state index contributed by atoms with van der Waals surface area (Å²) in [5, 5.41) is 7.32. The van der Waals surface area contributed by atoms with Crippen molar-refractivity contribution in [2.75, 3.05) is 38.0 Å². The number of amides is 1. The molecule has 4 rings (SSSR count). The van der Waals surface area contributed by atoms with E-state index < -0.39 is 16.9 Å². The zero-order chi connectivity index (χ0) is 27.3. The first kappa shape index (κ1) is 28.5. The Bertz CT molecular complexity index is 1270. The van der Waals surface area contributed by atoms with Gasteiger partial charge in [-0.05, 0) is 61.7 Å². The summed E-state index contributed by atoms with van der Waals surface area (Å²) in [5.41, 5.74) is 7.57. The fourth-order valence-corrected chi connectivity index (χ4v) is 5.24. The zero-order valence-corrected chi connectivity index (χ0v) is 22.3. The van der Waals surface area contributed by atoms with Crippen molar-refractivity contribution in [3.05, 3.63) is 57.3 Å². The molecule has 3 aromatic rings. The number of carbonyl (C=O) groups is 1. The van der Waals surface area contributed by atoms with Gasteiger partial charge in [0.25, 0.3) is 0 Å². The Hall–Kier alpha value is -2.53. The predicted octanol–water partition coefficient (Wildman–Crippen LogP) is 5.54. The minimum Gasteiger partial charge on any atom is -0.369 e. The molecule has 0 fully saturated rings. The minimum absolute atomic E-state index is 0.0172. The summed E-state index contributed by atoms with van der Waals surface area (Å²) in [6, 6.07) is 8.20. The van der Waals surface area contributed by atoms with Gasteiger partial charge in [-0.1, -0.05) is 29.6 Å². The Morgan fingerprint density at radius 3 is 2.76 bits per heavy atom. The van der Waals surface area contributed by atoms with Gasteiger partial charge in [-0.3, -0.25) is 9.69 Å². The Balaban J connectivity index is 1.47. The number of unbranched alkanes of at least 4 members (excludes halogenated alkanes) is 2. The summed E-state index contributed by atoms with van der Waals surface area (Å²) in [6.45, 7) is 2.62. The molecule has 0 spiro atoms. The number of aromatic amines is 1. The second-order valence-electron chi connectivity index (χ2n) is 9.36. The van der Waals surface area contributed by atoms with E-state index in [1.54, 1.807) is 0 Å². The highest BCUT2D eigenvalue weighted by Crippen LogP contribution is 2.36. The van der Waals surface area contributed by atoms with Crippen molar-refractivity contribution >= 4 is 45.8 Å². The van der Waals surface area contributed by atoms with Crippen LogP contribution in [-0.4, -0.2) is 53.5 Å². The number of rotatable bonds is 11. The van der Waals surface area contributed by atoms with Crippen molar-refractivity contribution in [1.29, 1.82) is 0 Å². The number of pyridine rings is 1. The number of H-pyrrole nitrogens is 1. The highest BCUT2D eigenvalue weighted by Gasteiger charge is 2.35. The number of hydrogen-bond acceptors (Lipinski definition) is 5. The minimum atomic E-state index is -4.63. The van der Waals surface area contributed by atoms with E-state index in [-0.39, 0.29) is 17.8 Å². The monoisotopic (exact) mass is 570 g/mol. The van der Waals surface area contributed by atoms with Crippen LogP contribution < -0.4 is 16.4 Å². The van der Waals surface area contributed by atoms with Crippen LogP contribution in [0.25, 0.3) is 10.9 Å². The summed E-state index contributed by atoms with van der Waals surface area (Å²) < 4.78 is 39.5. The summed E-state index contributed by atoms with van der Waals surface area (Å²) in [7, 11) is 0. The molecular formula is C26H31Cl2F3N6O. The zero-order valence-electron chi connectivity index (χ0n) is 20.8. The van der Waals surface area contributed by atoms with Gasteiger partial charge in [0.15, 0.2) is 5.69 Å². The summed E-state index contributed by atoms with van der Waals surface area (Å²) in [5.74, 6) is 0.0819. The molecule has 0 radical (unpaired) electrons. The quantitative estimate of drug-likeness (QED) is 0.227. The SMILES string of the molecule is NCCCCCC(=O)NCC1c2[nH]c3ccc(Cl)cc3c2CCN1CCNc1ccc(Cl)c(C(F)(F)F)n1. The van der Waals surface area contributed by atoms with Crippen LogP contribution >= 0.6 is 23.2 Å². The smallest absolute Gasteiger partial charge is 0.369 e.